The van der Waals surface area contributed by atoms with E-state index in [9.17, 15) is 15.0 Å². The molecule has 1 saturated heterocycles. The molecule has 0 amide bonds. The lowest BCUT2D eigenvalue weighted by Gasteiger charge is -2.74. The number of ether oxygens (including phenoxy) is 1. The van der Waals surface area contributed by atoms with Crippen molar-refractivity contribution in [2.24, 2.45) is 56.2 Å². The summed E-state index contributed by atoms with van der Waals surface area (Å²) in [5.41, 5.74) is 0.567. The molecule has 6 fully saturated rings. The quantitative estimate of drug-likeness (QED) is 0.423. The van der Waals surface area contributed by atoms with Gasteiger partial charge in [-0.2, -0.15) is 0 Å². The van der Waals surface area contributed by atoms with Crippen molar-refractivity contribution in [3.63, 3.8) is 0 Å². The Kier molecular flexibility index (Phi) is 5.36. The van der Waals surface area contributed by atoms with E-state index in [2.05, 4.69) is 34.6 Å². The molecule has 0 aromatic heterocycles. The van der Waals surface area contributed by atoms with Gasteiger partial charge < -0.3 is 14.9 Å². The predicted molar refractivity (Wildman–Crippen MR) is 141 cm³/mol. The highest BCUT2D eigenvalue weighted by Gasteiger charge is 2.74. The molecule has 0 aromatic carbocycles. The number of carboxylic acid groups (broad SMARTS) is 1. The van der Waals surface area contributed by atoms with Gasteiger partial charge in [-0.25, -0.2) is 0 Å². The van der Waals surface area contributed by atoms with Gasteiger partial charge in [0.05, 0.1) is 12.0 Å². The van der Waals surface area contributed by atoms with E-state index in [4.69, 9.17) is 4.74 Å². The Balaban J connectivity index is 1.38. The molecule has 1 heterocycles. The molecule has 6 aliphatic rings. The lowest BCUT2D eigenvalue weighted by molar-refractivity contribution is -0.269. The SMILES string of the molecule is CCC[C@@H]1[C@@]23CC[C@H]4[C@@](C)(CC[C@@]5(C)[C@@H]6C[C@](C)(C(=O)O)CC[C@]6(C)CC[C@]45C)[C@@H]2CC[C@]1(O)OC3. The second kappa shape index (κ2) is 7.52. The van der Waals surface area contributed by atoms with Crippen molar-refractivity contribution in [2.75, 3.05) is 6.61 Å². The van der Waals surface area contributed by atoms with Crippen LogP contribution in [0.1, 0.15) is 125 Å². The molecule has 1 spiro atoms. The van der Waals surface area contributed by atoms with E-state index in [-0.39, 0.29) is 33.0 Å². The van der Waals surface area contributed by atoms with E-state index in [0.717, 1.165) is 51.6 Å². The van der Waals surface area contributed by atoms with Crippen molar-refractivity contribution >= 4 is 5.97 Å². The van der Waals surface area contributed by atoms with Crippen molar-refractivity contribution in [2.45, 2.75) is 131 Å². The molecule has 0 radical (unpaired) electrons. The summed E-state index contributed by atoms with van der Waals surface area (Å²) in [6, 6.07) is 0. The Hall–Kier alpha value is -0.610. The van der Waals surface area contributed by atoms with E-state index < -0.39 is 17.2 Å². The van der Waals surface area contributed by atoms with Crippen molar-refractivity contribution in [3.8, 4) is 0 Å². The van der Waals surface area contributed by atoms with Crippen LogP contribution in [0, 0.1) is 56.2 Å². The van der Waals surface area contributed by atoms with Gasteiger partial charge in [0.2, 0.25) is 0 Å². The molecule has 11 atom stereocenters. The minimum atomic E-state index is -0.890. The van der Waals surface area contributed by atoms with Crippen molar-refractivity contribution < 1.29 is 19.7 Å². The zero-order valence-corrected chi connectivity index (χ0v) is 23.9. The summed E-state index contributed by atoms with van der Waals surface area (Å²) in [4.78, 5) is 12.4. The van der Waals surface area contributed by atoms with Gasteiger partial charge in [-0.3, -0.25) is 4.79 Å². The lowest BCUT2D eigenvalue weighted by atomic mass is 9.30. The number of hydrogen-bond donors (Lipinski definition) is 2. The highest BCUT2D eigenvalue weighted by molar-refractivity contribution is 5.74. The average Bonchev–Trinajstić information content (AvgIpc) is 2.98. The molecular formula is C32H52O4. The van der Waals surface area contributed by atoms with Gasteiger partial charge in [-0.05, 0) is 117 Å². The molecule has 4 heteroatoms. The third kappa shape index (κ3) is 2.87. The summed E-state index contributed by atoms with van der Waals surface area (Å²) < 4.78 is 6.30. The third-order valence-corrected chi connectivity index (χ3v) is 14.9. The van der Waals surface area contributed by atoms with Gasteiger partial charge in [-0.1, -0.05) is 41.0 Å². The number of fused-ring (bicyclic) bond motifs is 7. The average molecular weight is 501 g/mol. The van der Waals surface area contributed by atoms with Crippen molar-refractivity contribution in [1.82, 2.24) is 0 Å². The Morgan fingerprint density at radius 2 is 1.47 bits per heavy atom. The second-order valence-electron chi connectivity index (χ2n) is 16.0. The molecule has 5 aliphatic carbocycles. The maximum atomic E-state index is 12.4. The Morgan fingerprint density at radius 3 is 2.17 bits per heavy atom. The van der Waals surface area contributed by atoms with Crippen LogP contribution in [-0.4, -0.2) is 28.6 Å². The molecule has 204 valence electrons. The fraction of sp³-hybridized carbons (Fsp3) is 0.969. The highest BCUT2D eigenvalue weighted by atomic mass is 16.6. The summed E-state index contributed by atoms with van der Waals surface area (Å²) in [5, 5.41) is 21.7. The Labute approximate surface area is 219 Å². The van der Waals surface area contributed by atoms with E-state index in [0.29, 0.717) is 17.8 Å². The first-order valence-corrected chi connectivity index (χ1v) is 15.3. The van der Waals surface area contributed by atoms with E-state index >= 15 is 0 Å². The van der Waals surface area contributed by atoms with Gasteiger partial charge in [-0.15, -0.1) is 0 Å². The number of hydrogen-bond acceptors (Lipinski definition) is 3. The first-order chi connectivity index (χ1) is 16.7. The number of carbonyl (C=O) groups is 1. The Bertz CT molecular complexity index is 948. The van der Waals surface area contributed by atoms with Crippen molar-refractivity contribution in [1.29, 1.82) is 0 Å². The van der Waals surface area contributed by atoms with Gasteiger partial charge in [0.15, 0.2) is 5.79 Å². The Morgan fingerprint density at radius 1 is 0.833 bits per heavy atom. The smallest absolute Gasteiger partial charge is 0.309 e. The summed E-state index contributed by atoms with van der Waals surface area (Å²) in [6.07, 6.45) is 14.3. The summed E-state index contributed by atoms with van der Waals surface area (Å²) in [7, 11) is 0. The summed E-state index contributed by atoms with van der Waals surface area (Å²) >= 11 is 0. The molecule has 0 aromatic rings. The first kappa shape index (κ1) is 25.7. The zero-order chi connectivity index (χ0) is 26.0. The molecule has 36 heavy (non-hydrogen) atoms. The van der Waals surface area contributed by atoms with Crippen molar-refractivity contribution in [3.05, 3.63) is 0 Å². The minimum absolute atomic E-state index is 0.147. The van der Waals surface area contributed by atoms with Crippen LogP contribution in [0.4, 0.5) is 0 Å². The van der Waals surface area contributed by atoms with Crippen LogP contribution < -0.4 is 0 Å². The standard InChI is InChI=1S/C32H52O4/c1-7-8-23-31-11-9-21-28(4,22(31)10-12-32(23,35)36-20-31)16-18-30(6)24-19-27(3,25(33)34)14-13-26(24,2)15-17-29(21,30)5/h21-24,35H,7-20H2,1-6H3,(H,33,34)/t21-,22-,23+,24+,26+,27+,28+,29+,30-,31+,32-/m0/s1. The monoisotopic (exact) mass is 500 g/mol. The van der Waals surface area contributed by atoms with Gasteiger partial charge in [0, 0.05) is 17.8 Å². The molecular weight excluding hydrogens is 448 g/mol. The van der Waals surface area contributed by atoms with Crippen LogP contribution >= 0.6 is 0 Å². The third-order valence-electron chi connectivity index (χ3n) is 14.9. The molecule has 2 bridgehead atoms. The zero-order valence-electron chi connectivity index (χ0n) is 23.9. The highest BCUT2D eigenvalue weighted by Crippen LogP contribution is 2.79. The fourth-order valence-corrected chi connectivity index (χ4v) is 12.5. The molecule has 6 rings (SSSR count). The van der Waals surface area contributed by atoms with Gasteiger partial charge in [0.1, 0.15) is 0 Å². The van der Waals surface area contributed by atoms with E-state index in [1.54, 1.807) is 0 Å². The second-order valence-corrected chi connectivity index (χ2v) is 16.0. The molecule has 2 N–H and O–H groups in total. The normalized spacial score (nSPS) is 59.9. The van der Waals surface area contributed by atoms with E-state index in [1.165, 1.54) is 38.5 Å². The number of aliphatic hydroxyl groups is 1. The molecule has 4 nitrogen and oxygen atoms in total. The topological polar surface area (TPSA) is 66.8 Å². The number of carboxylic acids is 1. The fourth-order valence-electron chi connectivity index (χ4n) is 12.5. The summed E-state index contributed by atoms with van der Waals surface area (Å²) in [6.45, 7) is 15.4. The van der Waals surface area contributed by atoms with Gasteiger partial charge in [0.25, 0.3) is 0 Å². The van der Waals surface area contributed by atoms with Crippen LogP contribution in [0.3, 0.4) is 0 Å². The van der Waals surface area contributed by atoms with Crippen LogP contribution in [0.25, 0.3) is 0 Å². The van der Waals surface area contributed by atoms with Crippen LogP contribution in [0.15, 0.2) is 0 Å². The number of aliphatic carboxylic acids is 1. The molecule has 0 unspecified atom stereocenters. The first-order valence-electron chi connectivity index (χ1n) is 15.3. The molecule has 1 aliphatic heterocycles. The van der Waals surface area contributed by atoms with Crippen LogP contribution in [0.5, 0.6) is 0 Å². The predicted octanol–water partition coefficient (Wildman–Crippen LogP) is 7.43. The van der Waals surface area contributed by atoms with Gasteiger partial charge >= 0.3 is 5.97 Å². The van der Waals surface area contributed by atoms with Crippen LogP contribution in [-0.2, 0) is 9.53 Å². The minimum Gasteiger partial charge on any atom is -0.481 e. The number of rotatable bonds is 3. The lowest BCUT2D eigenvalue weighted by Crippen LogP contribution is -2.68. The maximum absolute atomic E-state index is 12.4. The molecule has 5 saturated carbocycles. The maximum Gasteiger partial charge on any atom is 0.309 e. The van der Waals surface area contributed by atoms with Crippen LogP contribution in [0.2, 0.25) is 0 Å². The van der Waals surface area contributed by atoms with E-state index in [1.807, 2.05) is 6.92 Å². The summed E-state index contributed by atoms with van der Waals surface area (Å²) in [5.74, 6) is 0.608. The largest absolute Gasteiger partial charge is 0.481 e.